The van der Waals surface area contributed by atoms with Crippen LogP contribution in [0.1, 0.15) is 16.8 Å². The molecule has 0 spiro atoms. The third kappa shape index (κ3) is 1.65. The van der Waals surface area contributed by atoms with Gasteiger partial charge in [-0.1, -0.05) is 0 Å². The summed E-state index contributed by atoms with van der Waals surface area (Å²) in [7, 11) is 0. The van der Waals surface area contributed by atoms with Crippen LogP contribution in [0.15, 0.2) is 24.7 Å². The Kier molecular flexibility index (Phi) is 2.47. The molecule has 1 unspecified atom stereocenters. The fourth-order valence-electron chi connectivity index (χ4n) is 3.00. The number of rotatable bonds is 3. The van der Waals surface area contributed by atoms with Crippen molar-refractivity contribution in [3.8, 4) is 0 Å². The summed E-state index contributed by atoms with van der Waals surface area (Å²) in [4.78, 5) is 25.8. The van der Waals surface area contributed by atoms with Gasteiger partial charge in [-0.2, -0.15) is 5.10 Å². The van der Waals surface area contributed by atoms with Crippen molar-refractivity contribution in [2.45, 2.75) is 6.42 Å². The van der Waals surface area contributed by atoms with Crippen molar-refractivity contribution in [1.29, 1.82) is 0 Å². The van der Waals surface area contributed by atoms with Gasteiger partial charge in [0.2, 0.25) is 5.78 Å². The first-order chi connectivity index (χ1) is 10.1. The molecule has 0 radical (unpaired) electrons. The molecule has 2 heterocycles. The van der Waals surface area contributed by atoms with E-state index in [0.717, 1.165) is 5.70 Å². The minimum absolute atomic E-state index is 0.0162. The van der Waals surface area contributed by atoms with E-state index in [4.69, 9.17) is 11.6 Å². The molecule has 5 nitrogen and oxygen atoms in total. The van der Waals surface area contributed by atoms with E-state index in [1.165, 1.54) is 6.20 Å². The van der Waals surface area contributed by atoms with E-state index in [1.54, 1.807) is 23.1 Å². The van der Waals surface area contributed by atoms with Crippen LogP contribution in [0.5, 0.6) is 0 Å². The molecule has 0 aliphatic heterocycles. The maximum Gasteiger partial charge on any atom is 0.293 e. The fourth-order valence-corrected chi connectivity index (χ4v) is 3.10. The van der Waals surface area contributed by atoms with Crippen LogP contribution in [0, 0.1) is 11.8 Å². The van der Waals surface area contributed by atoms with Crippen LogP contribution < -0.4 is 10.6 Å². The lowest BCUT2D eigenvalue weighted by Crippen LogP contribution is -2.37. The number of nitrogens with zero attached hydrogens (tertiary/aromatic N) is 2. The second-order valence-electron chi connectivity index (χ2n) is 5.19. The van der Waals surface area contributed by atoms with Crippen LogP contribution >= 0.6 is 11.6 Å². The lowest BCUT2D eigenvalue weighted by atomic mass is 10.0. The molecule has 1 saturated carbocycles. The second-order valence-corrected chi connectivity index (χ2v) is 5.53. The van der Waals surface area contributed by atoms with Crippen molar-refractivity contribution in [3.05, 3.63) is 40.8 Å². The Labute approximate surface area is 122 Å². The number of fused-ring (bicyclic) bond motifs is 2. The van der Waals surface area contributed by atoms with E-state index in [2.05, 4.69) is 10.1 Å². The first-order valence-electron chi connectivity index (χ1n) is 6.45. The van der Waals surface area contributed by atoms with Crippen LogP contribution in [0.2, 0.25) is 0 Å². The van der Waals surface area contributed by atoms with E-state index in [9.17, 15) is 14.0 Å². The summed E-state index contributed by atoms with van der Waals surface area (Å²) in [5.41, 5.74) is 0.806. The normalized spacial score (nSPS) is 22.8. The fraction of sp³-hybridized carbons (Fsp3) is 0.214. The van der Waals surface area contributed by atoms with Gasteiger partial charge in [0.25, 0.3) is 5.24 Å². The number of H-pyrrole nitrogens is 1. The van der Waals surface area contributed by atoms with Crippen LogP contribution in [-0.4, -0.2) is 25.8 Å². The topological polar surface area (TPSA) is 67.8 Å². The standard InChI is InChI=1S/C14H9ClFN3O2/c15-14(21)13(20)8-5-17-11-9(8)10(16)6-4-7(6)12(11)19-3-1-2-18-19/h1-3,5-7,17H,4H2/t6-,7?/m1/s1. The second kappa shape index (κ2) is 4.14. The molecular weight excluding hydrogens is 297 g/mol. The third-order valence-corrected chi connectivity index (χ3v) is 4.19. The molecule has 2 aliphatic rings. The minimum Gasteiger partial charge on any atom is -0.359 e. The number of hydrogen-bond acceptors (Lipinski definition) is 3. The number of aromatic nitrogens is 3. The van der Waals surface area contributed by atoms with Crippen LogP contribution in [0.3, 0.4) is 0 Å². The van der Waals surface area contributed by atoms with Gasteiger partial charge >= 0.3 is 0 Å². The smallest absolute Gasteiger partial charge is 0.293 e. The van der Waals surface area contributed by atoms with Gasteiger partial charge in [-0.3, -0.25) is 9.59 Å². The Morgan fingerprint density at radius 1 is 1.43 bits per heavy atom. The lowest BCUT2D eigenvalue weighted by Gasteiger charge is -2.10. The maximum absolute atomic E-state index is 14.5. The summed E-state index contributed by atoms with van der Waals surface area (Å²) in [6, 6.07) is 1.77. The molecule has 0 aromatic carbocycles. The average Bonchev–Trinajstić information content (AvgIpc) is 2.88. The number of ketones is 1. The Morgan fingerprint density at radius 3 is 2.90 bits per heavy atom. The van der Waals surface area contributed by atoms with Gasteiger partial charge in [0.05, 0.1) is 16.6 Å². The van der Waals surface area contributed by atoms with E-state index < -0.39 is 11.0 Å². The Morgan fingerprint density at radius 2 is 2.24 bits per heavy atom. The van der Waals surface area contributed by atoms with Crippen molar-refractivity contribution < 1.29 is 14.0 Å². The Bertz CT molecular complexity index is 897. The number of carbonyl (C=O) groups excluding carboxylic acids is 2. The van der Waals surface area contributed by atoms with Gasteiger partial charge in [-0.15, -0.1) is 0 Å². The van der Waals surface area contributed by atoms with Crippen LogP contribution in [0.4, 0.5) is 4.39 Å². The minimum atomic E-state index is -1.12. The molecule has 2 atom stereocenters. The maximum atomic E-state index is 14.5. The number of carbonyl (C=O) groups is 2. The highest BCUT2D eigenvalue weighted by atomic mass is 35.5. The van der Waals surface area contributed by atoms with E-state index in [0.29, 0.717) is 11.8 Å². The highest BCUT2D eigenvalue weighted by molar-refractivity contribution is 6.83. The molecule has 2 aromatic rings. The number of Topliss-reactive ketones (excluding diaryl/α,β-unsaturated/α-hetero) is 1. The molecular formula is C14H9ClFN3O2. The molecule has 1 N–H and O–H groups in total. The predicted octanol–water partition coefficient (Wildman–Crippen LogP) is 0.543. The zero-order valence-corrected chi connectivity index (χ0v) is 11.4. The summed E-state index contributed by atoms with van der Waals surface area (Å²) in [5.74, 6) is -1.45. The third-order valence-electron chi connectivity index (χ3n) is 4.02. The largest absolute Gasteiger partial charge is 0.359 e. The monoisotopic (exact) mass is 305 g/mol. The predicted molar refractivity (Wildman–Crippen MR) is 72.4 cm³/mol. The summed E-state index contributed by atoms with van der Waals surface area (Å²) in [6.07, 6.45) is 5.41. The summed E-state index contributed by atoms with van der Waals surface area (Å²) >= 11 is 5.23. The molecule has 106 valence electrons. The Balaban J connectivity index is 2.08. The van der Waals surface area contributed by atoms with Gasteiger partial charge < -0.3 is 4.98 Å². The average molecular weight is 306 g/mol. The summed E-state index contributed by atoms with van der Waals surface area (Å²) in [6.45, 7) is 0. The highest BCUT2D eigenvalue weighted by Crippen LogP contribution is 2.51. The highest BCUT2D eigenvalue weighted by Gasteiger charge is 2.48. The van der Waals surface area contributed by atoms with Crippen molar-refractivity contribution >= 4 is 34.2 Å². The zero-order chi connectivity index (χ0) is 14.7. The number of aromatic amines is 1. The molecule has 4 rings (SSSR count). The molecule has 7 heteroatoms. The van der Waals surface area contributed by atoms with Crippen molar-refractivity contribution in [1.82, 2.24) is 14.8 Å². The van der Waals surface area contributed by atoms with Crippen molar-refractivity contribution in [2.75, 3.05) is 0 Å². The Hall–Kier alpha value is -2.21. The van der Waals surface area contributed by atoms with Gasteiger partial charge in [0, 0.05) is 35.6 Å². The van der Waals surface area contributed by atoms with Gasteiger partial charge in [0.1, 0.15) is 5.83 Å². The van der Waals surface area contributed by atoms with E-state index in [1.807, 2.05) is 0 Å². The summed E-state index contributed by atoms with van der Waals surface area (Å²) in [5, 5.41) is 3.71. The molecule has 0 saturated heterocycles. The molecule has 0 bridgehead atoms. The molecule has 0 amide bonds. The quantitative estimate of drug-likeness (QED) is 0.511. The molecule has 2 aliphatic carbocycles. The van der Waals surface area contributed by atoms with E-state index in [-0.39, 0.29) is 28.4 Å². The molecule has 2 aromatic heterocycles. The van der Waals surface area contributed by atoms with E-state index >= 15 is 0 Å². The van der Waals surface area contributed by atoms with Crippen LogP contribution in [0.25, 0.3) is 11.5 Å². The first kappa shape index (κ1) is 12.5. The first-order valence-corrected chi connectivity index (χ1v) is 6.83. The number of nitrogens with one attached hydrogen (secondary N) is 1. The lowest BCUT2D eigenvalue weighted by molar-refractivity contribution is -0.108. The van der Waals surface area contributed by atoms with Gasteiger partial charge in [0.15, 0.2) is 0 Å². The van der Waals surface area contributed by atoms with Crippen molar-refractivity contribution in [3.63, 3.8) is 0 Å². The SMILES string of the molecule is O=C(Cl)C(=O)c1c[nH]c2c1=C(F)[C@@H]1CC1C=2n1cccn1. The van der Waals surface area contributed by atoms with Crippen LogP contribution in [-0.2, 0) is 4.79 Å². The molecule has 21 heavy (non-hydrogen) atoms. The van der Waals surface area contributed by atoms with Gasteiger partial charge in [-0.25, -0.2) is 9.07 Å². The zero-order valence-electron chi connectivity index (χ0n) is 10.6. The summed E-state index contributed by atoms with van der Waals surface area (Å²) < 4.78 is 16.2. The van der Waals surface area contributed by atoms with Gasteiger partial charge in [-0.05, 0) is 24.1 Å². The number of hydrogen-bond donors (Lipinski definition) is 1. The number of halogens is 2. The molecule has 1 fully saturated rings. The van der Waals surface area contributed by atoms with Crippen molar-refractivity contribution in [2.24, 2.45) is 11.8 Å².